The van der Waals surface area contributed by atoms with Gasteiger partial charge in [-0.05, 0) is 38.1 Å². The highest BCUT2D eigenvalue weighted by Gasteiger charge is 2.34. The number of nitrogens with zero attached hydrogens (tertiary/aromatic N) is 4. The Morgan fingerprint density at radius 1 is 1.16 bits per heavy atom. The minimum Gasteiger partial charge on any atom is -0.349 e. The first-order chi connectivity index (χ1) is 11.7. The van der Waals surface area contributed by atoms with Crippen molar-refractivity contribution in [1.82, 2.24) is 19.7 Å². The minimum atomic E-state index is -4.54. The molecule has 132 valence electrons. The van der Waals surface area contributed by atoms with E-state index < -0.39 is 11.9 Å². The lowest BCUT2D eigenvalue weighted by atomic mass is 10.2. The summed E-state index contributed by atoms with van der Waals surface area (Å²) in [6, 6.07) is 6.44. The molecule has 3 aromatic rings. The molecular weight excluding hydrogens is 351 g/mol. The van der Waals surface area contributed by atoms with Gasteiger partial charge in [-0.25, -0.2) is 9.97 Å². The zero-order valence-electron chi connectivity index (χ0n) is 13.8. The number of rotatable bonds is 4. The molecule has 9 heteroatoms. The molecule has 3 heterocycles. The summed E-state index contributed by atoms with van der Waals surface area (Å²) in [6.07, 6.45) is -4.54. The van der Waals surface area contributed by atoms with Crippen molar-refractivity contribution in [2.75, 3.05) is 5.32 Å². The lowest BCUT2D eigenvalue weighted by molar-refractivity contribution is -0.141. The number of anilines is 1. The lowest BCUT2D eigenvalue weighted by Crippen LogP contribution is -2.13. The quantitative estimate of drug-likeness (QED) is 0.751. The van der Waals surface area contributed by atoms with E-state index in [9.17, 15) is 13.2 Å². The molecule has 3 aromatic heterocycles. The van der Waals surface area contributed by atoms with E-state index in [1.807, 2.05) is 26.0 Å². The molecule has 0 atom stereocenters. The predicted octanol–water partition coefficient (Wildman–Crippen LogP) is 4.19. The second kappa shape index (κ2) is 6.47. The number of hydrogen-bond donors (Lipinski definition) is 1. The Kier molecular flexibility index (Phi) is 4.51. The lowest BCUT2D eigenvalue weighted by Gasteiger charge is -2.11. The molecule has 0 fully saturated rings. The number of aromatic nitrogens is 4. The van der Waals surface area contributed by atoms with Crippen LogP contribution >= 0.6 is 11.3 Å². The summed E-state index contributed by atoms with van der Waals surface area (Å²) in [4.78, 5) is 9.53. The van der Waals surface area contributed by atoms with E-state index in [4.69, 9.17) is 0 Å². The van der Waals surface area contributed by atoms with Gasteiger partial charge in [0.25, 0.3) is 0 Å². The van der Waals surface area contributed by atoms with Gasteiger partial charge in [-0.15, -0.1) is 11.3 Å². The van der Waals surface area contributed by atoms with Crippen LogP contribution in [-0.2, 0) is 19.8 Å². The number of thiophene rings is 1. The maximum absolute atomic E-state index is 13.2. The van der Waals surface area contributed by atoms with Crippen molar-refractivity contribution in [3.63, 3.8) is 0 Å². The van der Waals surface area contributed by atoms with Crippen LogP contribution in [0.5, 0.6) is 0 Å². The molecule has 0 aliphatic heterocycles. The highest BCUT2D eigenvalue weighted by atomic mass is 32.1. The van der Waals surface area contributed by atoms with Crippen LogP contribution in [0.1, 0.15) is 22.0 Å². The first-order valence-corrected chi connectivity index (χ1v) is 8.30. The summed E-state index contributed by atoms with van der Waals surface area (Å²) >= 11 is 1.39. The summed E-state index contributed by atoms with van der Waals surface area (Å²) in [6.45, 7) is 4.02. The minimum absolute atomic E-state index is 0.0604. The van der Waals surface area contributed by atoms with Gasteiger partial charge in [-0.3, -0.25) is 4.68 Å². The summed E-state index contributed by atoms with van der Waals surface area (Å²) in [5.41, 5.74) is 0.947. The Bertz CT molecular complexity index is 898. The summed E-state index contributed by atoms with van der Waals surface area (Å²) < 4.78 is 41.2. The van der Waals surface area contributed by atoms with E-state index in [0.29, 0.717) is 4.88 Å². The number of nitrogens with one attached hydrogen (secondary N) is 1. The van der Waals surface area contributed by atoms with Gasteiger partial charge in [-0.1, -0.05) is 0 Å². The zero-order valence-corrected chi connectivity index (χ0v) is 14.7. The molecular formula is C16H16F3N5S. The molecule has 0 aliphatic carbocycles. The van der Waals surface area contributed by atoms with Crippen LogP contribution in [0.25, 0.3) is 10.6 Å². The van der Waals surface area contributed by atoms with Crippen molar-refractivity contribution in [3.05, 3.63) is 46.2 Å². The SMILES string of the molecule is Cc1cc(CNc2nc(-c3ccc(C)s3)cc(C(F)(F)F)n2)n(C)n1. The van der Waals surface area contributed by atoms with Gasteiger partial charge in [-0.2, -0.15) is 18.3 Å². The Labute approximate surface area is 146 Å². The molecule has 1 N–H and O–H groups in total. The van der Waals surface area contributed by atoms with Gasteiger partial charge in [0, 0.05) is 11.9 Å². The molecule has 0 aliphatic rings. The molecule has 0 spiro atoms. The Balaban J connectivity index is 1.93. The molecule has 25 heavy (non-hydrogen) atoms. The van der Waals surface area contributed by atoms with E-state index in [-0.39, 0.29) is 18.2 Å². The largest absolute Gasteiger partial charge is 0.433 e. The molecule has 3 rings (SSSR count). The second-order valence-electron chi connectivity index (χ2n) is 5.62. The molecule has 0 radical (unpaired) electrons. The van der Waals surface area contributed by atoms with E-state index in [1.165, 1.54) is 11.3 Å². The van der Waals surface area contributed by atoms with E-state index in [1.54, 1.807) is 17.8 Å². The Hall–Kier alpha value is -2.42. The number of aryl methyl sites for hydroxylation is 3. The van der Waals surface area contributed by atoms with Gasteiger partial charge >= 0.3 is 6.18 Å². The van der Waals surface area contributed by atoms with Crippen LogP contribution in [0, 0.1) is 13.8 Å². The first kappa shape index (κ1) is 17.4. The molecule has 0 amide bonds. The van der Waals surface area contributed by atoms with Crippen LogP contribution in [0.3, 0.4) is 0 Å². The Morgan fingerprint density at radius 2 is 1.92 bits per heavy atom. The smallest absolute Gasteiger partial charge is 0.349 e. The second-order valence-corrected chi connectivity index (χ2v) is 6.91. The molecule has 5 nitrogen and oxygen atoms in total. The average Bonchev–Trinajstić information content (AvgIpc) is 3.09. The van der Waals surface area contributed by atoms with Crippen LogP contribution in [0.4, 0.5) is 19.1 Å². The fraction of sp³-hybridized carbons (Fsp3) is 0.312. The fourth-order valence-electron chi connectivity index (χ4n) is 2.37. The third-order valence-electron chi connectivity index (χ3n) is 3.54. The molecule has 0 unspecified atom stereocenters. The van der Waals surface area contributed by atoms with Crippen LogP contribution in [0.2, 0.25) is 0 Å². The highest BCUT2D eigenvalue weighted by molar-refractivity contribution is 7.15. The standard InChI is InChI=1S/C16H16F3N5S/c1-9-6-11(24(3)23-9)8-20-15-21-12(13-5-4-10(2)25-13)7-14(22-15)16(17,18)19/h4-7H,8H2,1-3H3,(H,20,21,22). The number of halogens is 3. The summed E-state index contributed by atoms with van der Waals surface area (Å²) in [5.74, 6) is -0.0604. The normalized spacial score (nSPS) is 11.8. The van der Waals surface area contributed by atoms with Crippen LogP contribution in [-0.4, -0.2) is 19.7 Å². The predicted molar refractivity (Wildman–Crippen MR) is 90.4 cm³/mol. The number of alkyl halides is 3. The van der Waals surface area contributed by atoms with Crippen molar-refractivity contribution in [2.24, 2.45) is 7.05 Å². The molecule has 0 saturated carbocycles. The summed E-state index contributed by atoms with van der Waals surface area (Å²) in [5, 5.41) is 7.07. The first-order valence-electron chi connectivity index (χ1n) is 7.49. The monoisotopic (exact) mass is 367 g/mol. The highest BCUT2D eigenvalue weighted by Crippen LogP contribution is 2.33. The average molecular weight is 367 g/mol. The third kappa shape index (κ3) is 3.98. The van der Waals surface area contributed by atoms with Crippen LogP contribution in [0.15, 0.2) is 24.3 Å². The van der Waals surface area contributed by atoms with Crippen molar-refractivity contribution < 1.29 is 13.2 Å². The fourth-order valence-corrected chi connectivity index (χ4v) is 3.20. The maximum Gasteiger partial charge on any atom is 0.433 e. The Morgan fingerprint density at radius 3 is 2.48 bits per heavy atom. The van der Waals surface area contributed by atoms with E-state index in [2.05, 4.69) is 20.4 Å². The van der Waals surface area contributed by atoms with Gasteiger partial charge < -0.3 is 5.32 Å². The van der Waals surface area contributed by atoms with Gasteiger partial charge in [0.15, 0.2) is 5.69 Å². The molecule has 0 bridgehead atoms. The number of hydrogen-bond acceptors (Lipinski definition) is 5. The van der Waals surface area contributed by atoms with E-state index >= 15 is 0 Å². The summed E-state index contributed by atoms with van der Waals surface area (Å²) in [7, 11) is 1.77. The molecule has 0 saturated heterocycles. The van der Waals surface area contributed by atoms with Gasteiger partial charge in [0.2, 0.25) is 5.95 Å². The molecule has 0 aromatic carbocycles. The van der Waals surface area contributed by atoms with Crippen molar-refractivity contribution in [2.45, 2.75) is 26.6 Å². The third-order valence-corrected chi connectivity index (χ3v) is 4.56. The van der Waals surface area contributed by atoms with Crippen LogP contribution < -0.4 is 5.32 Å². The van der Waals surface area contributed by atoms with Gasteiger partial charge in [0.05, 0.1) is 28.5 Å². The van der Waals surface area contributed by atoms with Crippen molar-refractivity contribution in [1.29, 1.82) is 0 Å². The zero-order chi connectivity index (χ0) is 18.2. The van der Waals surface area contributed by atoms with Gasteiger partial charge in [0.1, 0.15) is 0 Å². The topological polar surface area (TPSA) is 55.6 Å². The van der Waals surface area contributed by atoms with Crippen molar-refractivity contribution in [3.8, 4) is 10.6 Å². The van der Waals surface area contributed by atoms with E-state index in [0.717, 1.165) is 22.3 Å². The maximum atomic E-state index is 13.2. The van der Waals surface area contributed by atoms with Crippen molar-refractivity contribution >= 4 is 17.3 Å².